The standard InChI is InChI=1S/C10H12N2O/c1-8-9(7-13-2)11-12-6-4-3-5-10(8)12/h3-6H,7H2,1-2H3. The molecule has 68 valence electrons. The van der Waals surface area contributed by atoms with E-state index in [0.717, 1.165) is 11.2 Å². The summed E-state index contributed by atoms with van der Waals surface area (Å²) in [6.07, 6.45) is 1.95. The Morgan fingerprint density at radius 1 is 1.46 bits per heavy atom. The Morgan fingerprint density at radius 2 is 2.31 bits per heavy atom. The van der Waals surface area contributed by atoms with Crippen LogP contribution in [0.15, 0.2) is 24.4 Å². The Kier molecular flexibility index (Phi) is 2.02. The predicted octanol–water partition coefficient (Wildman–Crippen LogP) is 1.79. The van der Waals surface area contributed by atoms with Gasteiger partial charge in [0.1, 0.15) is 0 Å². The summed E-state index contributed by atoms with van der Waals surface area (Å²) >= 11 is 0. The van der Waals surface area contributed by atoms with Crippen LogP contribution >= 0.6 is 0 Å². The van der Waals surface area contributed by atoms with Crippen molar-refractivity contribution < 1.29 is 4.74 Å². The number of methoxy groups -OCH3 is 1. The van der Waals surface area contributed by atoms with Crippen LogP contribution < -0.4 is 0 Å². The van der Waals surface area contributed by atoms with Gasteiger partial charge in [0.15, 0.2) is 0 Å². The molecular formula is C10H12N2O. The van der Waals surface area contributed by atoms with Crippen molar-refractivity contribution in [3.8, 4) is 0 Å². The normalized spacial score (nSPS) is 10.9. The van der Waals surface area contributed by atoms with Crippen molar-refractivity contribution in [3.63, 3.8) is 0 Å². The molecule has 0 aromatic carbocycles. The summed E-state index contributed by atoms with van der Waals surface area (Å²) in [4.78, 5) is 0. The second kappa shape index (κ2) is 3.18. The third-order valence-corrected chi connectivity index (χ3v) is 2.17. The maximum Gasteiger partial charge on any atom is 0.0921 e. The number of aromatic nitrogens is 2. The third kappa shape index (κ3) is 1.31. The summed E-state index contributed by atoms with van der Waals surface area (Å²) in [5.41, 5.74) is 3.35. The van der Waals surface area contributed by atoms with E-state index in [9.17, 15) is 0 Å². The SMILES string of the molecule is COCc1nn2ccccc2c1C. The molecule has 0 N–H and O–H groups in total. The molecule has 2 aromatic heterocycles. The van der Waals surface area contributed by atoms with Crippen LogP contribution in [0, 0.1) is 6.92 Å². The number of hydrogen-bond acceptors (Lipinski definition) is 2. The summed E-state index contributed by atoms with van der Waals surface area (Å²) in [5, 5.41) is 4.39. The summed E-state index contributed by atoms with van der Waals surface area (Å²) in [6.45, 7) is 2.64. The molecule has 2 rings (SSSR count). The minimum Gasteiger partial charge on any atom is -0.378 e. The molecule has 0 unspecified atom stereocenters. The quantitative estimate of drug-likeness (QED) is 0.697. The number of hydrogen-bond donors (Lipinski definition) is 0. The second-order valence-electron chi connectivity index (χ2n) is 3.04. The van der Waals surface area contributed by atoms with Crippen molar-refractivity contribution in [2.45, 2.75) is 13.5 Å². The van der Waals surface area contributed by atoms with Gasteiger partial charge in [-0.1, -0.05) is 6.07 Å². The lowest BCUT2D eigenvalue weighted by Crippen LogP contribution is -1.90. The maximum absolute atomic E-state index is 5.06. The van der Waals surface area contributed by atoms with Gasteiger partial charge in [-0.15, -0.1) is 0 Å². The molecular weight excluding hydrogens is 164 g/mol. The minimum absolute atomic E-state index is 0.577. The molecule has 0 fully saturated rings. The van der Waals surface area contributed by atoms with Gasteiger partial charge in [0, 0.05) is 18.9 Å². The van der Waals surface area contributed by atoms with E-state index in [1.165, 1.54) is 5.56 Å². The highest BCUT2D eigenvalue weighted by atomic mass is 16.5. The molecule has 3 nitrogen and oxygen atoms in total. The van der Waals surface area contributed by atoms with E-state index >= 15 is 0 Å². The lowest BCUT2D eigenvalue weighted by Gasteiger charge is -1.93. The van der Waals surface area contributed by atoms with Crippen LogP contribution in [0.5, 0.6) is 0 Å². The highest BCUT2D eigenvalue weighted by Gasteiger charge is 2.06. The van der Waals surface area contributed by atoms with E-state index in [1.54, 1.807) is 7.11 Å². The number of rotatable bonds is 2. The first-order chi connectivity index (χ1) is 6.33. The summed E-state index contributed by atoms with van der Waals surface area (Å²) < 4.78 is 6.94. The highest BCUT2D eigenvalue weighted by Crippen LogP contribution is 2.14. The Hall–Kier alpha value is -1.35. The van der Waals surface area contributed by atoms with E-state index in [1.807, 2.05) is 22.8 Å². The minimum atomic E-state index is 0.577. The Morgan fingerprint density at radius 3 is 3.00 bits per heavy atom. The van der Waals surface area contributed by atoms with Gasteiger partial charge in [0.25, 0.3) is 0 Å². The van der Waals surface area contributed by atoms with Crippen LogP contribution in [-0.2, 0) is 11.3 Å². The monoisotopic (exact) mass is 176 g/mol. The van der Waals surface area contributed by atoms with Crippen LogP contribution in [-0.4, -0.2) is 16.7 Å². The van der Waals surface area contributed by atoms with E-state index < -0.39 is 0 Å². The Balaban J connectivity index is 2.60. The van der Waals surface area contributed by atoms with Crippen LogP contribution in [0.3, 0.4) is 0 Å². The van der Waals surface area contributed by atoms with Crippen molar-refractivity contribution in [3.05, 3.63) is 35.7 Å². The summed E-state index contributed by atoms with van der Waals surface area (Å²) in [6, 6.07) is 6.04. The zero-order valence-electron chi connectivity index (χ0n) is 7.82. The molecule has 0 spiro atoms. The highest BCUT2D eigenvalue weighted by molar-refractivity contribution is 5.55. The Bertz CT molecular complexity index is 420. The lowest BCUT2D eigenvalue weighted by atomic mass is 10.2. The molecule has 0 saturated carbocycles. The lowest BCUT2D eigenvalue weighted by molar-refractivity contribution is 0.180. The first-order valence-corrected chi connectivity index (χ1v) is 4.24. The fourth-order valence-corrected chi connectivity index (χ4v) is 1.45. The first kappa shape index (κ1) is 8.26. The molecule has 0 bridgehead atoms. The van der Waals surface area contributed by atoms with Crippen molar-refractivity contribution in [1.82, 2.24) is 9.61 Å². The van der Waals surface area contributed by atoms with Crippen molar-refractivity contribution in [2.24, 2.45) is 0 Å². The molecule has 0 aliphatic heterocycles. The second-order valence-corrected chi connectivity index (χ2v) is 3.04. The van der Waals surface area contributed by atoms with Gasteiger partial charge in [-0.2, -0.15) is 5.10 Å². The molecule has 0 radical (unpaired) electrons. The molecule has 13 heavy (non-hydrogen) atoms. The fraction of sp³-hybridized carbons (Fsp3) is 0.300. The molecule has 2 aromatic rings. The number of aryl methyl sites for hydroxylation is 1. The van der Waals surface area contributed by atoms with Gasteiger partial charge in [-0.05, 0) is 19.1 Å². The average molecular weight is 176 g/mol. The third-order valence-electron chi connectivity index (χ3n) is 2.17. The number of pyridine rings is 1. The van der Waals surface area contributed by atoms with Crippen LogP contribution in [0.4, 0.5) is 0 Å². The van der Waals surface area contributed by atoms with Crippen LogP contribution in [0.2, 0.25) is 0 Å². The van der Waals surface area contributed by atoms with E-state index in [2.05, 4.69) is 18.1 Å². The van der Waals surface area contributed by atoms with Gasteiger partial charge in [0.2, 0.25) is 0 Å². The summed E-state index contributed by atoms with van der Waals surface area (Å²) in [5.74, 6) is 0. The molecule has 0 aliphatic rings. The maximum atomic E-state index is 5.06. The van der Waals surface area contributed by atoms with Crippen molar-refractivity contribution in [2.75, 3.05) is 7.11 Å². The van der Waals surface area contributed by atoms with Gasteiger partial charge in [-0.3, -0.25) is 0 Å². The smallest absolute Gasteiger partial charge is 0.0921 e. The number of ether oxygens (including phenoxy) is 1. The van der Waals surface area contributed by atoms with E-state index in [0.29, 0.717) is 6.61 Å². The average Bonchev–Trinajstić information content (AvgIpc) is 2.46. The van der Waals surface area contributed by atoms with E-state index in [-0.39, 0.29) is 0 Å². The van der Waals surface area contributed by atoms with Crippen LogP contribution in [0.25, 0.3) is 5.52 Å². The zero-order valence-corrected chi connectivity index (χ0v) is 7.82. The fourth-order valence-electron chi connectivity index (χ4n) is 1.45. The topological polar surface area (TPSA) is 26.5 Å². The zero-order chi connectivity index (χ0) is 9.26. The van der Waals surface area contributed by atoms with Gasteiger partial charge < -0.3 is 4.74 Å². The molecule has 0 amide bonds. The number of fused-ring (bicyclic) bond motifs is 1. The molecule has 0 aliphatic carbocycles. The van der Waals surface area contributed by atoms with E-state index in [4.69, 9.17) is 4.74 Å². The van der Waals surface area contributed by atoms with Gasteiger partial charge in [0.05, 0.1) is 17.8 Å². The molecule has 3 heteroatoms. The van der Waals surface area contributed by atoms with Gasteiger partial charge >= 0.3 is 0 Å². The first-order valence-electron chi connectivity index (χ1n) is 4.24. The predicted molar refractivity (Wildman–Crippen MR) is 50.6 cm³/mol. The van der Waals surface area contributed by atoms with Gasteiger partial charge in [-0.25, -0.2) is 4.52 Å². The largest absolute Gasteiger partial charge is 0.378 e. The molecule has 2 heterocycles. The molecule has 0 atom stereocenters. The van der Waals surface area contributed by atoms with Crippen LogP contribution in [0.1, 0.15) is 11.3 Å². The summed E-state index contributed by atoms with van der Waals surface area (Å²) in [7, 11) is 1.68. The molecule has 0 saturated heterocycles. The number of nitrogens with zero attached hydrogens (tertiary/aromatic N) is 2. The van der Waals surface area contributed by atoms with Crippen molar-refractivity contribution in [1.29, 1.82) is 0 Å². The Labute approximate surface area is 76.9 Å². The van der Waals surface area contributed by atoms with Crippen molar-refractivity contribution >= 4 is 5.52 Å².